The molecule has 0 saturated heterocycles. The summed E-state index contributed by atoms with van der Waals surface area (Å²) in [5.74, 6) is 2.06. The van der Waals surface area contributed by atoms with E-state index in [2.05, 4.69) is 0 Å². The Labute approximate surface area is 216 Å². The Morgan fingerprint density at radius 2 is 1.92 bits per heavy atom. The number of halogens is 3. The second kappa shape index (κ2) is 11.2. The Morgan fingerprint density at radius 1 is 1.24 bits per heavy atom. The number of terminal acetylenes is 1. The fourth-order valence-corrected chi connectivity index (χ4v) is 5.35. The number of carbonyl (C=O) groups excluding carboxylic acids is 2. The number of alkyl halides is 3. The second-order valence-corrected chi connectivity index (χ2v) is 9.50. The van der Waals surface area contributed by atoms with Gasteiger partial charge < -0.3 is 15.1 Å². The third kappa shape index (κ3) is 5.87. The van der Waals surface area contributed by atoms with Gasteiger partial charge in [-0.3, -0.25) is 9.59 Å². The number of aliphatic hydroxyl groups excluding tert-OH is 1. The lowest BCUT2D eigenvalue weighted by Crippen LogP contribution is -2.50. The number of amides is 1. The van der Waals surface area contributed by atoms with Gasteiger partial charge >= 0.3 is 6.18 Å². The summed E-state index contributed by atoms with van der Waals surface area (Å²) in [5.41, 5.74) is 1.25. The lowest BCUT2D eigenvalue weighted by Gasteiger charge is -2.34. The number of Topliss-reactive ketones (excluding diaryl/α,β-unsaturated/α-hetero) is 1. The molecule has 0 aliphatic carbocycles. The smallest absolute Gasteiger partial charge is 0.408 e. The van der Waals surface area contributed by atoms with Gasteiger partial charge in [-0.25, -0.2) is 10.9 Å². The lowest BCUT2D eigenvalue weighted by molar-refractivity contribution is -0.184. The van der Waals surface area contributed by atoms with E-state index in [9.17, 15) is 33.0 Å². The molecule has 0 unspecified atom stereocenters. The topological polar surface area (TPSA) is 107 Å². The number of rotatable bonds is 7. The first-order chi connectivity index (χ1) is 17.4. The van der Waals surface area contributed by atoms with Gasteiger partial charge in [-0.2, -0.15) is 13.2 Å². The van der Waals surface area contributed by atoms with Gasteiger partial charge in [0, 0.05) is 41.6 Å². The molecule has 2 aromatic carbocycles. The second-order valence-electron chi connectivity index (χ2n) is 8.49. The number of hydrogen-bond acceptors (Lipinski definition) is 7. The van der Waals surface area contributed by atoms with Crippen LogP contribution in [-0.4, -0.2) is 50.6 Å². The Hall–Kier alpha value is -3.62. The molecule has 37 heavy (non-hydrogen) atoms. The van der Waals surface area contributed by atoms with E-state index >= 15 is 0 Å². The highest BCUT2D eigenvalue weighted by Crippen LogP contribution is 2.45. The number of thioether (sulfide) groups is 1. The minimum atomic E-state index is -4.83. The fraction of sp³-hybridized carbons (Fsp3) is 0.308. The Bertz CT molecular complexity index is 1270. The van der Waals surface area contributed by atoms with Gasteiger partial charge in [-0.05, 0) is 36.6 Å². The van der Waals surface area contributed by atoms with Crippen molar-refractivity contribution >= 4 is 23.5 Å². The van der Waals surface area contributed by atoms with Crippen molar-refractivity contribution in [1.82, 2.24) is 9.91 Å². The molecular formula is C26H26F3N3O4S. The number of phenolic OH excluding ortho intramolecular Hbond substituents is 1. The molecule has 1 amide bonds. The van der Waals surface area contributed by atoms with E-state index < -0.39 is 47.8 Å². The van der Waals surface area contributed by atoms with E-state index in [1.54, 1.807) is 12.1 Å². The number of nitrogens with two attached hydrogens (primary N) is 1. The largest absolute Gasteiger partial charge is 0.508 e. The molecule has 0 spiro atoms. The standard InChI is InChI=1S/C26H26F3N3O4S/c1-4-32(30)23(24(35)15(2)33)25(36)31(16(3)26(27,28)29)13-12-19-18-9-5-6-11-21(18)37-14-17-8-7-10-20(34)22(17)19/h1,5-11,16,19,34-35H,12-14,30H2,2-3H3/b24-23+/t16-,19-/m1/s1. The van der Waals surface area contributed by atoms with Crippen molar-refractivity contribution in [3.8, 4) is 18.2 Å². The summed E-state index contributed by atoms with van der Waals surface area (Å²) in [6, 6.07) is 11.9. The fourth-order valence-electron chi connectivity index (χ4n) is 4.24. The van der Waals surface area contributed by atoms with E-state index in [0.29, 0.717) is 16.2 Å². The molecule has 2 atom stereocenters. The number of hydrazine groups is 1. The number of carbonyl (C=O) groups is 2. The molecule has 4 N–H and O–H groups in total. The molecule has 0 fully saturated rings. The van der Waals surface area contributed by atoms with Crippen LogP contribution in [-0.2, 0) is 15.3 Å². The van der Waals surface area contributed by atoms with E-state index in [1.165, 1.54) is 17.8 Å². The molecule has 11 heteroatoms. The Kier molecular flexibility index (Phi) is 8.46. The predicted molar refractivity (Wildman–Crippen MR) is 133 cm³/mol. The number of allylic oxidation sites excluding steroid dienone is 1. The minimum Gasteiger partial charge on any atom is -0.508 e. The molecule has 3 rings (SSSR count). The van der Waals surface area contributed by atoms with Gasteiger partial charge in [-0.1, -0.05) is 36.8 Å². The highest BCUT2D eigenvalue weighted by atomic mass is 32.2. The van der Waals surface area contributed by atoms with Crippen molar-refractivity contribution in [2.75, 3.05) is 6.54 Å². The van der Waals surface area contributed by atoms with Crippen molar-refractivity contribution in [1.29, 1.82) is 0 Å². The third-order valence-corrected chi connectivity index (χ3v) is 7.34. The van der Waals surface area contributed by atoms with Crippen LogP contribution in [0.25, 0.3) is 0 Å². The van der Waals surface area contributed by atoms with Crippen molar-refractivity contribution in [3.63, 3.8) is 0 Å². The monoisotopic (exact) mass is 533 g/mol. The molecule has 2 aromatic rings. The lowest BCUT2D eigenvalue weighted by atomic mass is 9.85. The summed E-state index contributed by atoms with van der Waals surface area (Å²) in [6.45, 7) is 1.26. The van der Waals surface area contributed by atoms with Crippen LogP contribution < -0.4 is 5.84 Å². The normalized spacial score (nSPS) is 16.3. The summed E-state index contributed by atoms with van der Waals surface area (Å²) < 4.78 is 41.6. The first-order valence-electron chi connectivity index (χ1n) is 11.2. The first-order valence-corrected chi connectivity index (χ1v) is 12.2. The highest BCUT2D eigenvalue weighted by molar-refractivity contribution is 7.98. The number of aliphatic hydroxyl groups is 1. The molecule has 7 nitrogen and oxygen atoms in total. The van der Waals surface area contributed by atoms with E-state index in [0.717, 1.165) is 29.9 Å². The average molecular weight is 534 g/mol. The van der Waals surface area contributed by atoms with Gasteiger partial charge in [-0.15, -0.1) is 11.8 Å². The van der Waals surface area contributed by atoms with Crippen molar-refractivity contribution < 1.29 is 33.0 Å². The van der Waals surface area contributed by atoms with Crippen LogP contribution in [0.3, 0.4) is 0 Å². The Balaban J connectivity index is 2.09. The average Bonchev–Trinajstić information content (AvgIpc) is 3.01. The Morgan fingerprint density at radius 3 is 2.54 bits per heavy atom. The number of aromatic hydroxyl groups is 1. The molecule has 1 heterocycles. The zero-order valence-corrected chi connectivity index (χ0v) is 20.9. The summed E-state index contributed by atoms with van der Waals surface area (Å²) in [4.78, 5) is 26.5. The molecular weight excluding hydrogens is 507 g/mol. The van der Waals surface area contributed by atoms with Crippen molar-refractivity contribution in [2.45, 2.75) is 49.1 Å². The van der Waals surface area contributed by atoms with E-state index in [1.807, 2.05) is 30.3 Å². The summed E-state index contributed by atoms with van der Waals surface area (Å²) in [6.07, 6.45) is 0.368. The molecule has 0 radical (unpaired) electrons. The molecule has 196 valence electrons. The number of hydrogen-bond donors (Lipinski definition) is 3. The molecule has 1 aliphatic heterocycles. The number of benzene rings is 2. The zero-order chi connectivity index (χ0) is 27.5. The maximum Gasteiger partial charge on any atom is 0.408 e. The van der Waals surface area contributed by atoms with Gasteiger partial charge in [0.2, 0.25) is 0 Å². The van der Waals surface area contributed by atoms with E-state index in [-0.39, 0.29) is 17.2 Å². The predicted octanol–water partition coefficient (Wildman–Crippen LogP) is 4.42. The molecule has 0 saturated carbocycles. The van der Waals surface area contributed by atoms with Crippen molar-refractivity contribution in [3.05, 3.63) is 70.6 Å². The zero-order valence-electron chi connectivity index (χ0n) is 20.1. The van der Waals surface area contributed by atoms with Crippen LogP contribution in [0.2, 0.25) is 0 Å². The molecule has 0 aromatic heterocycles. The maximum atomic E-state index is 13.9. The van der Waals surface area contributed by atoms with Gasteiger partial charge in [0.25, 0.3) is 5.91 Å². The van der Waals surface area contributed by atoms with Crippen LogP contribution in [0.5, 0.6) is 5.75 Å². The SMILES string of the molecule is C#CN(N)/C(C(=O)N(CC[C@@H]1c2ccccc2SCc2cccc(O)c21)[C@H](C)C(F)(F)F)=C(/O)C(C)=O. The first kappa shape index (κ1) is 28.0. The van der Waals surface area contributed by atoms with E-state index in [4.69, 9.17) is 12.3 Å². The highest BCUT2D eigenvalue weighted by Gasteiger charge is 2.44. The van der Waals surface area contributed by atoms with Gasteiger partial charge in [0.1, 0.15) is 11.8 Å². The quantitative estimate of drug-likeness (QED) is 0.121. The van der Waals surface area contributed by atoms with Crippen LogP contribution in [0.4, 0.5) is 13.2 Å². The maximum absolute atomic E-state index is 13.9. The van der Waals surface area contributed by atoms with Gasteiger partial charge in [0.05, 0.1) is 0 Å². The molecule has 1 aliphatic rings. The van der Waals surface area contributed by atoms with Crippen molar-refractivity contribution in [2.24, 2.45) is 5.84 Å². The number of ketones is 1. The van der Waals surface area contributed by atoms with Crippen LogP contribution in [0, 0.1) is 12.5 Å². The minimum absolute atomic E-state index is 0.00294. The third-order valence-electron chi connectivity index (χ3n) is 6.20. The number of fused-ring (bicyclic) bond motifs is 2. The molecule has 0 bridgehead atoms. The number of phenols is 1. The number of nitrogens with zero attached hydrogens (tertiary/aromatic N) is 2. The summed E-state index contributed by atoms with van der Waals surface area (Å²) in [5, 5.41) is 21.2. The van der Waals surface area contributed by atoms with Crippen LogP contribution >= 0.6 is 11.8 Å². The summed E-state index contributed by atoms with van der Waals surface area (Å²) in [7, 11) is 0. The van der Waals surface area contributed by atoms with Gasteiger partial charge in [0.15, 0.2) is 17.2 Å². The van der Waals surface area contributed by atoms with Crippen LogP contribution in [0.15, 0.2) is 58.8 Å². The van der Waals surface area contributed by atoms with Crippen LogP contribution in [0.1, 0.15) is 42.9 Å². The summed E-state index contributed by atoms with van der Waals surface area (Å²) >= 11 is 1.54.